The average Bonchev–Trinajstić information content (AvgIpc) is 2.84. The molecule has 4 aliphatic rings. The van der Waals surface area contributed by atoms with Gasteiger partial charge in [-0.3, -0.25) is 9.59 Å². The van der Waals surface area contributed by atoms with Gasteiger partial charge < -0.3 is 9.84 Å². The fraction of sp³-hybridized carbons (Fsp3) is 0.810. The van der Waals surface area contributed by atoms with Crippen molar-refractivity contribution in [3.05, 3.63) is 12.2 Å². The summed E-state index contributed by atoms with van der Waals surface area (Å²) in [6.45, 7) is 5.82. The van der Waals surface area contributed by atoms with E-state index in [9.17, 15) is 14.7 Å². The number of ether oxygens (including phenoxy) is 1. The summed E-state index contributed by atoms with van der Waals surface area (Å²) in [5.41, 5.74) is -1.27. The topological polar surface area (TPSA) is 63.6 Å². The molecule has 0 aromatic rings. The summed E-state index contributed by atoms with van der Waals surface area (Å²) in [4.78, 5) is 23.8. The zero-order chi connectivity index (χ0) is 18.0. The van der Waals surface area contributed by atoms with Gasteiger partial charge in [0.25, 0.3) is 0 Å². The number of esters is 1. The SMILES string of the molecule is CC(=O)O[C@H]1CC[C@]2(C)C3CC[C@]4(C)C(=O)CCC4C3C=C[C@@]2(O)C1. The summed E-state index contributed by atoms with van der Waals surface area (Å²) in [6, 6.07) is 0. The van der Waals surface area contributed by atoms with Crippen molar-refractivity contribution in [2.24, 2.45) is 28.6 Å². The van der Waals surface area contributed by atoms with Crippen LogP contribution in [0, 0.1) is 28.6 Å². The van der Waals surface area contributed by atoms with Crippen molar-refractivity contribution in [2.45, 2.75) is 77.4 Å². The molecule has 0 aromatic heterocycles. The molecule has 1 N–H and O–H groups in total. The number of rotatable bonds is 1. The number of allylic oxidation sites excluding steroid dienone is 1. The van der Waals surface area contributed by atoms with E-state index < -0.39 is 5.60 Å². The Morgan fingerprint density at radius 2 is 1.96 bits per heavy atom. The predicted octanol–water partition coefficient (Wildman–Crippen LogP) is 3.42. The molecule has 0 aliphatic heterocycles. The Kier molecular flexibility index (Phi) is 3.74. The van der Waals surface area contributed by atoms with Crippen molar-refractivity contribution < 1.29 is 19.4 Å². The molecule has 0 bridgehead atoms. The Bertz CT molecular complexity index is 640. The van der Waals surface area contributed by atoms with Gasteiger partial charge in [-0.1, -0.05) is 26.0 Å². The molecule has 7 atom stereocenters. The van der Waals surface area contributed by atoms with Crippen molar-refractivity contribution >= 4 is 11.8 Å². The van der Waals surface area contributed by atoms with Crippen LogP contribution in [0.1, 0.15) is 65.7 Å². The molecule has 138 valence electrons. The van der Waals surface area contributed by atoms with E-state index in [1.54, 1.807) is 0 Å². The third-order valence-corrected chi connectivity index (χ3v) is 8.30. The summed E-state index contributed by atoms with van der Waals surface area (Å²) in [6.07, 6.45) is 9.82. The van der Waals surface area contributed by atoms with Gasteiger partial charge in [0.05, 0.1) is 5.60 Å². The van der Waals surface area contributed by atoms with E-state index in [4.69, 9.17) is 4.74 Å². The summed E-state index contributed by atoms with van der Waals surface area (Å²) >= 11 is 0. The van der Waals surface area contributed by atoms with Gasteiger partial charge in [-0.15, -0.1) is 0 Å². The van der Waals surface area contributed by atoms with Crippen molar-refractivity contribution in [2.75, 3.05) is 0 Å². The number of Topliss-reactive ketones (excluding diaryl/α,β-unsaturated/α-hetero) is 1. The molecule has 0 saturated heterocycles. The van der Waals surface area contributed by atoms with E-state index in [0.717, 1.165) is 32.1 Å². The van der Waals surface area contributed by atoms with Crippen LogP contribution >= 0.6 is 0 Å². The van der Waals surface area contributed by atoms with Gasteiger partial charge in [-0.25, -0.2) is 0 Å². The maximum absolute atomic E-state index is 12.5. The van der Waals surface area contributed by atoms with E-state index in [1.807, 2.05) is 6.08 Å². The van der Waals surface area contributed by atoms with Crippen LogP contribution in [0.25, 0.3) is 0 Å². The molecular formula is C21H30O4. The second kappa shape index (κ2) is 5.42. The van der Waals surface area contributed by atoms with E-state index in [2.05, 4.69) is 19.9 Å². The smallest absolute Gasteiger partial charge is 0.302 e. The Morgan fingerprint density at radius 3 is 2.68 bits per heavy atom. The highest BCUT2D eigenvalue weighted by Crippen LogP contribution is 2.64. The first-order valence-electron chi connectivity index (χ1n) is 9.82. The molecule has 4 nitrogen and oxygen atoms in total. The standard InChI is InChI=1S/C21H30O4/c1-13(22)25-14-6-10-20(3)17-8-9-19(2)16(4-5-18(19)23)15(17)7-11-21(20,24)12-14/h7,11,14-17,24H,4-6,8-10,12H2,1-3H3/t14-,15?,16?,17?,19-,20+,21+/m0/s1. The highest BCUT2D eigenvalue weighted by Gasteiger charge is 2.63. The lowest BCUT2D eigenvalue weighted by Crippen LogP contribution is -2.61. The molecular weight excluding hydrogens is 316 g/mol. The van der Waals surface area contributed by atoms with Gasteiger partial charge >= 0.3 is 5.97 Å². The minimum Gasteiger partial charge on any atom is -0.462 e. The van der Waals surface area contributed by atoms with E-state index in [1.165, 1.54) is 6.92 Å². The van der Waals surface area contributed by atoms with Gasteiger partial charge in [-0.05, 0) is 49.9 Å². The lowest BCUT2D eigenvalue weighted by Gasteiger charge is -2.60. The number of aliphatic hydroxyl groups is 1. The molecule has 4 rings (SSSR count). The molecule has 0 amide bonds. The third kappa shape index (κ3) is 2.29. The number of fused-ring (bicyclic) bond motifs is 5. The van der Waals surface area contributed by atoms with Gasteiger partial charge in [0.15, 0.2) is 0 Å². The van der Waals surface area contributed by atoms with E-state index >= 15 is 0 Å². The van der Waals surface area contributed by atoms with E-state index in [0.29, 0.717) is 36.4 Å². The first-order valence-corrected chi connectivity index (χ1v) is 9.82. The maximum atomic E-state index is 12.5. The summed E-state index contributed by atoms with van der Waals surface area (Å²) in [5.74, 6) is 1.38. The molecule has 25 heavy (non-hydrogen) atoms. The average molecular weight is 346 g/mol. The van der Waals surface area contributed by atoms with Crippen molar-refractivity contribution in [3.8, 4) is 0 Å². The van der Waals surface area contributed by atoms with Crippen molar-refractivity contribution in [3.63, 3.8) is 0 Å². The second-order valence-corrected chi connectivity index (χ2v) is 9.38. The molecule has 0 heterocycles. The normalized spacial score (nSPS) is 51.4. The Morgan fingerprint density at radius 1 is 1.20 bits per heavy atom. The number of hydrogen-bond donors (Lipinski definition) is 1. The predicted molar refractivity (Wildman–Crippen MR) is 93.7 cm³/mol. The molecule has 3 fully saturated rings. The van der Waals surface area contributed by atoms with E-state index in [-0.39, 0.29) is 22.9 Å². The first kappa shape index (κ1) is 17.3. The Balaban J connectivity index is 1.65. The van der Waals surface area contributed by atoms with Crippen LogP contribution in [0.4, 0.5) is 0 Å². The van der Waals surface area contributed by atoms with Gasteiger partial charge in [0.2, 0.25) is 0 Å². The van der Waals surface area contributed by atoms with Crippen LogP contribution in [0.2, 0.25) is 0 Å². The minimum atomic E-state index is -0.914. The monoisotopic (exact) mass is 346 g/mol. The number of hydrogen-bond acceptors (Lipinski definition) is 4. The number of ketones is 1. The Labute approximate surface area is 150 Å². The summed E-state index contributed by atoms with van der Waals surface area (Å²) in [5, 5.41) is 11.5. The zero-order valence-corrected chi connectivity index (χ0v) is 15.6. The van der Waals surface area contributed by atoms with Crippen LogP contribution < -0.4 is 0 Å². The maximum Gasteiger partial charge on any atom is 0.302 e. The molecule has 0 aromatic carbocycles. The highest BCUT2D eigenvalue weighted by molar-refractivity contribution is 5.87. The molecule has 0 radical (unpaired) electrons. The highest BCUT2D eigenvalue weighted by atomic mass is 16.5. The quantitative estimate of drug-likeness (QED) is 0.584. The minimum absolute atomic E-state index is 0.160. The van der Waals surface area contributed by atoms with Gasteiger partial charge in [-0.2, -0.15) is 0 Å². The zero-order valence-electron chi connectivity index (χ0n) is 15.6. The molecule has 3 unspecified atom stereocenters. The number of carbonyl (C=O) groups excluding carboxylic acids is 2. The molecule has 0 spiro atoms. The fourth-order valence-electron chi connectivity index (χ4n) is 6.71. The van der Waals surface area contributed by atoms with Crippen LogP contribution in [0.15, 0.2) is 12.2 Å². The lowest BCUT2D eigenvalue weighted by atomic mass is 9.46. The van der Waals surface area contributed by atoms with Crippen LogP contribution in [0.5, 0.6) is 0 Å². The second-order valence-electron chi connectivity index (χ2n) is 9.38. The van der Waals surface area contributed by atoms with Crippen molar-refractivity contribution in [1.82, 2.24) is 0 Å². The molecule has 4 aliphatic carbocycles. The molecule has 3 saturated carbocycles. The fourth-order valence-corrected chi connectivity index (χ4v) is 6.71. The third-order valence-electron chi connectivity index (χ3n) is 8.30. The van der Waals surface area contributed by atoms with Crippen LogP contribution in [0.3, 0.4) is 0 Å². The number of carbonyl (C=O) groups is 2. The largest absolute Gasteiger partial charge is 0.462 e. The van der Waals surface area contributed by atoms with Crippen LogP contribution in [-0.2, 0) is 14.3 Å². The lowest BCUT2D eigenvalue weighted by molar-refractivity contribution is -0.180. The van der Waals surface area contributed by atoms with Gasteiger partial charge in [0, 0.05) is 30.6 Å². The summed E-state index contributed by atoms with van der Waals surface area (Å²) < 4.78 is 5.41. The Hall–Kier alpha value is -1.16. The summed E-state index contributed by atoms with van der Waals surface area (Å²) in [7, 11) is 0. The van der Waals surface area contributed by atoms with Crippen molar-refractivity contribution in [1.29, 1.82) is 0 Å². The van der Waals surface area contributed by atoms with Gasteiger partial charge in [0.1, 0.15) is 11.9 Å². The van der Waals surface area contributed by atoms with Crippen LogP contribution in [-0.4, -0.2) is 28.6 Å². The molecule has 4 heteroatoms. The first-order chi connectivity index (χ1) is 11.7.